The van der Waals surface area contributed by atoms with Crippen LogP contribution in [0.2, 0.25) is 5.02 Å². The summed E-state index contributed by atoms with van der Waals surface area (Å²) in [5.41, 5.74) is 5.07. The highest BCUT2D eigenvalue weighted by Gasteiger charge is 2.12. The third-order valence-electron chi connectivity index (χ3n) is 3.54. The highest BCUT2D eigenvalue weighted by molar-refractivity contribution is 6.30. The Balaban J connectivity index is 2.22. The highest BCUT2D eigenvalue weighted by Crippen LogP contribution is 2.30. The average Bonchev–Trinajstić information content (AvgIpc) is 2.55. The summed E-state index contributed by atoms with van der Waals surface area (Å²) in [5, 5.41) is 10.1. The molecule has 2 aromatic carbocycles. The van der Waals surface area contributed by atoms with Gasteiger partial charge in [-0.05, 0) is 30.7 Å². The van der Waals surface area contributed by atoms with Gasteiger partial charge in [0.1, 0.15) is 6.07 Å². The van der Waals surface area contributed by atoms with Gasteiger partial charge < -0.3 is 0 Å². The van der Waals surface area contributed by atoms with E-state index in [1.807, 2.05) is 67.6 Å². The van der Waals surface area contributed by atoms with Crippen LogP contribution in [0.5, 0.6) is 0 Å². The quantitative estimate of drug-likeness (QED) is 0.648. The monoisotopic (exact) mass is 304 g/mol. The molecule has 0 saturated heterocycles. The van der Waals surface area contributed by atoms with Crippen molar-refractivity contribution in [2.75, 3.05) is 0 Å². The van der Waals surface area contributed by atoms with Crippen LogP contribution in [0.1, 0.15) is 11.3 Å². The topological polar surface area (TPSA) is 36.7 Å². The first kappa shape index (κ1) is 14.3. The van der Waals surface area contributed by atoms with Crippen molar-refractivity contribution in [3.05, 3.63) is 76.9 Å². The molecule has 106 valence electrons. The second-order valence-corrected chi connectivity index (χ2v) is 5.44. The molecule has 0 fully saturated rings. The van der Waals surface area contributed by atoms with E-state index in [0.717, 1.165) is 28.1 Å². The zero-order chi connectivity index (χ0) is 15.5. The van der Waals surface area contributed by atoms with Crippen molar-refractivity contribution in [1.82, 2.24) is 4.98 Å². The number of hydrogen-bond donors (Lipinski definition) is 0. The fraction of sp³-hybridized carbons (Fsp3) is 0.0526. The van der Waals surface area contributed by atoms with E-state index in [9.17, 15) is 5.26 Å². The maximum absolute atomic E-state index is 9.46. The van der Waals surface area contributed by atoms with Crippen molar-refractivity contribution in [3.63, 3.8) is 0 Å². The number of pyridine rings is 1. The predicted molar refractivity (Wildman–Crippen MR) is 89.6 cm³/mol. The van der Waals surface area contributed by atoms with Gasteiger partial charge in [0.2, 0.25) is 0 Å². The number of aromatic nitrogens is 1. The van der Waals surface area contributed by atoms with Gasteiger partial charge >= 0.3 is 0 Å². The van der Waals surface area contributed by atoms with E-state index in [1.165, 1.54) is 0 Å². The molecule has 0 radical (unpaired) electrons. The predicted octanol–water partition coefficient (Wildman–Crippen LogP) is 5.25. The first-order chi connectivity index (χ1) is 10.7. The van der Waals surface area contributed by atoms with Crippen molar-refractivity contribution in [2.24, 2.45) is 0 Å². The minimum atomic E-state index is 0.599. The maximum Gasteiger partial charge on any atom is 0.102 e. The molecule has 0 aliphatic heterocycles. The first-order valence-corrected chi connectivity index (χ1v) is 7.30. The molecule has 0 aliphatic rings. The van der Waals surface area contributed by atoms with Crippen molar-refractivity contribution in [3.8, 4) is 28.5 Å². The van der Waals surface area contributed by atoms with Crippen molar-refractivity contribution in [2.45, 2.75) is 6.92 Å². The molecule has 0 amide bonds. The van der Waals surface area contributed by atoms with Crippen molar-refractivity contribution < 1.29 is 0 Å². The molecule has 3 heteroatoms. The molecular formula is C19H13ClN2. The molecule has 3 aromatic rings. The number of benzene rings is 2. The Hall–Kier alpha value is -2.63. The molecule has 0 aliphatic carbocycles. The Bertz CT molecular complexity index is 847. The maximum atomic E-state index is 9.46. The van der Waals surface area contributed by atoms with Gasteiger partial charge in [-0.1, -0.05) is 54.1 Å². The summed E-state index contributed by atoms with van der Waals surface area (Å²) in [6, 6.07) is 21.7. The van der Waals surface area contributed by atoms with E-state index >= 15 is 0 Å². The molecule has 2 nitrogen and oxygen atoms in total. The molecule has 0 N–H and O–H groups in total. The van der Waals surface area contributed by atoms with Crippen LogP contribution in [0.3, 0.4) is 0 Å². The Kier molecular flexibility index (Phi) is 3.91. The fourth-order valence-corrected chi connectivity index (χ4v) is 2.55. The number of hydrogen-bond acceptors (Lipinski definition) is 2. The Labute approximate surface area is 134 Å². The molecular weight excluding hydrogens is 292 g/mol. The normalized spacial score (nSPS) is 10.2. The lowest BCUT2D eigenvalue weighted by atomic mass is 9.97. The largest absolute Gasteiger partial charge is 0.252 e. The average molecular weight is 305 g/mol. The zero-order valence-corrected chi connectivity index (χ0v) is 12.8. The van der Waals surface area contributed by atoms with E-state index in [1.54, 1.807) is 0 Å². The van der Waals surface area contributed by atoms with E-state index in [4.69, 9.17) is 11.6 Å². The summed E-state index contributed by atoms with van der Waals surface area (Å²) >= 11 is 5.95. The molecule has 0 saturated carbocycles. The summed E-state index contributed by atoms with van der Waals surface area (Å²) < 4.78 is 0. The molecule has 0 bridgehead atoms. The molecule has 3 rings (SSSR count). The van der Waals surface area contributed by atoms with Gasteiger partial charge in [0, 0.05) is 16.1 Å². The van der Waals surface area contributed by atoms with Gasteiger partial charge in [-0.15, -0.1) is 0 Å². The second-order valence-electron chi connectivity index (χ2n) is 5.00. The van der Waals surface area contributed by atoms with E-state index < -0.39 is 0 Å². The molecule has 0 atom stereocenters. The lowest BCUT2D eigenvalue weighted by Gasteiger charge is -2.10. The lowest BCUT2D eigenvalue weighted by molar-refractivity contribution is 1.18. The van der Waals surface area contributed by atoms with Gasteiger partial charge in [-0.3, -0.25) is 4.98 Å². The van der Waals surface area contributed by atoms with Crippen LogP contribution in [-0.4, -0.2) is 4.98 Å². The fourth-order valence-electron chi connectivity index (χ4n) is 2.43. The molecule has 1 aromatic heterocycles. The number of nitriles is 1. The van der Waals surface area contributed by atoms with Crippen LogP contribution in [0, 0.1) is 18.3 Å². The van der Waals surface area contributed by atoms with Gasteiger partial charge in [0.15, 0.2) is 0 Å². The standard InChI is InChI=1S/C19H13ClN2/c1-13-18(12-21)17(14-7-9-16(20)10-8-14)11-19(22-13)15-5-3-2-4-6-15/h2-11H,1H3. The summed E-state index contributed by atoms with van der Waals surface area (Å²) in [6.45, 7) is 1.87. The third-order valence-corrected chi connectivity index (χ3v) is 3.79. The summed E-state index contributed by atoms with van der Waals surface area (Å²) in [7, 11) is 0. The van der Waals surface area contributed by atoms with Gasteiger partial charge in [-0.2, -0.15) is 5.26 Å². The Morgan fingerprint density at radius 3 is 2.27 bits per heavy atom. The van der Waals surface area contributed by atoms with E-state index in [-0.39, 0.29) is 0 Å². The molecule has 1 heterocycles. The van der Waals surface area contributed by atoms with E-state index in [0.29, 0.717) is 10.6 Å². The molecule has 22 heavy (non-hydrogen) atoms. The van der Waals surface area contributed by atoms with Gasteiger partial charge in [-0.25, -0.2) is 0 Å². The minimum Gasteiger partial charge on any atom is -0.252 e. The highest BCUT2D eigenvalue weighted by atomic mass is 35.5. The van der Waals surface area contributed by atoms with Gasteiger partial charge in [0.25, 0.3) is 0 Å². The van der Waals surface area contributed by atoms with Crippen LogP contribution in [0.25, 0.3) is 22.4 Å². The van der Waals surface area contributed by atoms with Crippen LogP contribution in [-0.2, 0) is 0 Å². The number of aryl methyl sites for hydroxylation is 1. The smallest absolute Gasteiger partial charge is 0.102 e. The Morgan fingerprint density at radius 1 is 0.955 bits per heavy atom. The van der Waals surface area contributed by atoms with Crippen LogP contribution < -0.4 is 0 Å². The zero-order valence-electron chi connectivity index (χ0n) is 12.0. The third kappa shape index (κ3) is 2.72. The Morgan fingerprint density at radius 2 is 1.64 bits per heavy atom. The number of rotatable bonds is 2. The first-order valence-electron chi connectivity index (χ1n) is 6.92. The van der Waals surface area contributed by atoms with Crippen LogP contribution in [0.15, 0.2) is 60.7 Å². The lowest BCUT2D eigenvalue weighted by Crippen LogP contribution is -1.95. The van der Waals surface area contributed by atoms with Crippen LogP contribution in [0.4, 0.5) is 0 Å². The molecule has 0 unspecified atom stereocenters. The second kappa shape index (κ2) is 6.01. The van der Waals surface area contributed by atoms with Crippen molar-refractivity contribution >= 4 is 11.6 Å². The summed E-state index contributed by atoms with van der Waals surface area (Å²) in [6.07, 6.45) is 0. The molecule has 0 spiro atoms. The minimum absolute atomic E-state index is 0.599. The SMILES string of the molecule is Cc1nc(-c2ccccc2)cc(-c2ccc(Cl)cc2)c1C#N. The van der Waals surface area contributed by atoms with Crippen LogP contribution >= 0.6 is 11.6 Å². The van der Waals surface area contributed by atoms with Crippen molar-refractivity contribution in [1.29, 1.82) is 5.26 Å². The van der Waals surface area contributed by atoms with Gasteiger partial charge in [0.05, 0.1) is 17.0 Å². The number of nitrogens with zero attached hydrogens (tertiary/aromatic N) is 2. The summed E-state index contributed by atoms with van der Waals surface area (Å²) in [5.74, 6) is 0. The van der Waals surface area contributed by atoms with E-state index in [2.05, 4.69) is 11.1 Å². The summed E-state index contributed by atoms with van der Waals surface area (Å²) in [4.78, 5) is 4.57. The number of halogens is 1.